The summed E-state index contributed by atoms with van der Waals surface area (Å²) < 4.78 is 62.1. The highest BCUT2D eigenvalue weighted by Crippen LogP contribution is 2.43. The monoisotopic (exact) mass is 720 g/mol. The predicted molar refractivity (Wildman–Crippen MR) is 163 cm³/mol. The predicted octanol–water partition coefficient (Wildman–Crippen LogP) is 4.24. The summed E-state index contributed by atoms with van der Waals surface area (Å²) in [5, 5.41) is 24.6. The van der Waals surface area contributed by atoms with E-state index >= 15 is 0 Å². The molecule has 44 heavy (non-hydrogen) atoms. The lowest BCUT2D eigenvalue weighted by atomic mass is 9.85. The van der Waals surface area contributed by atoms with E-state index in [4.69, 9.17) is 27.9 Å². The van der Waals surface area contributed by atoms with E-state index in [0.717, 1.165) is 0 Å². The van der Waals surface area contributed by atoms with Gasteiger partial charge in [-0.25, -0.2) is 16.8 Å². The molecule has 2 aromatic carbocycles. The molecule has 0 bridgehead atoms. The average Bonchev–Trinajstić information content (AvgIpc) is 3.59. The van der Waals surface area contributed by atoms with Crippen molar-refractivity contribution in [2.75, 3.05) is 16.1 Å². The van der Waals surface area contributed by atoms with Gasteiger partial charge < -0.3 is 9.84 Å². The van der Waals surface area contributed by atoms with E-state index < -0.39 is 43.8 Å². The number of hydrogen-bond donors (Lipinski definition) is 3. The fraction of sp³-hybridized carbons (Fsp3) is 0.250. The molecular weight excluding hydrogens is 699 g/mol. The third-order valence-electron chi connectivity index (χ3n) is 6.08. The number of anilines is 2. The summed E-state index contributed by atoms with van der Waals surface area (Å²) in [5.41, 5.74) is -1.73. The van der Waals surface area contributed by atoms with Crippen molar-refractivity contribution < 1.29 is 36.3 Å². The number of carboxylic acid groups (broad SMARTS) is 1. The van der Waals surface area contributed by atoms with Gasteiger partial charge in [-0.3, -0.25) is 19.0 Å². The molecule has 4 rings (SSSR count). The molecule has 4 aromatic rings. The van der Waals surface area contributed by atoms with Gasteiger partial charge in [-0.1, -0.05) is 58.0 Å². The molecule has 0 aliphatic carbocycles. The van der Waals surface area contributed by atoms with Gasteiger partial charge in [0.25, 0.3) is 20.0 Å². The summed E-state index contributed by atoms with van der Waals surface area (Å²) in [6, 6.07) is 8.59. The normalized spacial score (nSPS) is 12.1. The highest BCUT2D eigenvalue weighted by Gasteiger charge is 2.52. The molecule has 0 amide bonds. The maximum Gasteiger partial charge on any atom is 0.326 e. The fourth-order valence-electron chi connectivity index (χ4n) is 3.94. The SMILES string of the molecule is CCOC(=O)C(CC(=O)O)(c1nnc(NS(=O)(=O)c2cccc(Cl)c2C)s1)c1nnc(NS(=O)(=O)c2cccc(Cl)c2C)s1. The standard InChI is InChI=1S/C24H22Cl2N6O8S4/c1-4-40-21(35)24(11-18(33)34,19-27-29-22(41-19)31-43(36,37)16-9-5-7-14(25)12(16)2)20-28-30-23(42-20)32-44(38,39)17-10-6-8-15(26)13(17)3/h5-10H,4,11H2,1-3H3,(H,29,31)(H,30,32)(H,33,34). The van der Waals surface area contributed by atoms with Crippen LogP contribution in [0.25, 0.3) is 0 Å². The number of aromatic nitrogens is 4. The van der Waals surface area contributed by atoms with Crippen LogP contribution in [0.4, 0.5) is 10.3 Å². The average molecular weight is 722 g/mol. The number of aliphatic carboxylic acids is 1. The molecular formula is C24H22Cl2N6O8S4. The number of ether oxygens (including phenoxy) is 1. The number of hydrogen-bond acceptors (Lipinski definition) is 13. The zero-order valence-corrected chi connectivity index (χ0v) is 27.6. The van der Waals surface area contributed by atoms with E-state index in [9.17, 15) is 31.5 Å². The van der Waals surface area contributed by atoms with E-state index in [-0.39, 0.29) is 57.8 Å². The molecule has 0 unspecified atom stereocenters. The Morgan fingerprint density at radius 1 is 0.841 bits per heavy atom. The molecule has 0 radical (unpaired) electrons. The molecule has 2 heterocycles. The van der Waals surface area contributed by atoms with E-state index in [1.54, 1.807) is 0 Å². The first-order valence-corrected chi connectivity index (χ1v) is 17.6. The smallest absolute Gasteiger partial charge is 0.326 e. The summed E-state index contributed by atoms with van der Waals surface area (Å²) in [6.07, 6.45) is -0.963. The maximum absolute atomic E-state index is 13.5. The van der Waals surface area contributed by atoms with Crippen molar-refractivity contribution in [2.45, 2.75) is 42.4 Å². The van der Waals surface area contributed by atoms with Crippen LogP contribution in [0.1, 0.15) is 34.5 Å². The van der Waals surface area contributed by atoms with Crippen LogP contribution in [0.15, 0.2) is 46.2 Å². The van der Waals surface area contributed by atoms with Crippen molar-refractivity contribution in [1.29, 1.82) is 0 Å². The number of benzene rings is 2. The Kier molecular flexibility index (Phi) is 9.81. The Hall–Kier alpha value is -3.42. The van der Waals surface area contributed by atoms with Crippen molar-refractivity contribution in [3.63, 3.8) is 0 Å². The highest BCUT2D eigenvalue weighted by molar-refractivity contribution is 7.93. The third kappa shape index (κ3) is 6.64. The second-order valence-corrected chi connectivity index (χ2v) is 15.0. The molecule has 0 aliphatic heterocycles. The minimum Gasteiger partial charge on any atom is -0.481 e. The first-order valence-electron chi connectivity index (χ1n) is 12.2. The van der Waals surface area contributed by atoms with E-state index in [0.29, 0.717) is 22.7 Å². The van der Waals surface area contributed by atoms with Gasteiger partial charge in [-0.05, 0) is 56.2 Å². The molecule has 0 atom stereocenters. The van der Waals surface area contributed by atoms with E-state index in [1.165, 1.54) is 57.2 Å². The van der Waals surface area contributed by atoms with Gasteiger partial charge in [-0.2, -0.15) is 0 Å². The number of nitrogens with one attached hydrogen (secondary N) is 2. The molecule has 0 spiro atoms. The third-order valence-corrected chi connectivity index (χ3v) is 12.1. The van der Waals surface area contributed by atoms with Gasteiger partial charge in [0.05, 0.1) is 22.8 Å². The zero-order valence-electron chi connectivity index (χ0n) is 22.9. The number of halogens is 2. The Morgan fingerprint density at radius 2 is 1.27 bits per heavy atom. The van der Waals surface area contributed by atoms with Crippen LogP contribution in [0, 0.1) is 13.8 Å². The van der Waals surface area contributed by atoms with Crippen molar-refractivity contribution >= 4 is 88.1 Å². The van der Waals surface area contributed by atoms with Crippen LogP contribution in [-0.2, 0) is 39.8 Å². The van der Waals surface area contributed by atoms with Crippen molar-refractivity contribution in [3.8, 4) is 0 Å². The fourth-order valence-corrected chi connectivity index (χ4v) is 9.31. The van der Waals surface area contributed by atoms with E-state index in [1.807, 2.05) is 0 Å². The topological polar surface area (TPSA) is 207 Å². The van der Waals surface area contributed by atoms with Crippen LogP contribution in [0.5, 0.6) is 0 Å². The number of carbonyl (C=O) groups is 2. The number of rotatable bonds is 12. The molecule has 20 heteroatoms. The number of nitrogens with zero attached hydrogens (tertiary/aromatic N) is 4. The summed E-state index contributed by atoms with van der Waals surface area (Å²) >= 11 is 13.3. The minimum atomic E-state index is -4.24. The summed E-state index contributed by atoms with van der Waals surface area (Å²) in [4.78, 5) is 25.3. The molecule has 2 aromatic heterocycles. The number of esters is 1. The number of carboxylic acids is 1. The minimum absolute atomic E-state index is 0.139. The van der Waals surface area contributed by atoms with Gasteiger partial charge >= 0.3 is 11.9 Å². The van der Waals surface area contributed by atoms with Crippen LogP contribution in [-0.4, -0.2) is 60.9 Å². The largest absolute Gasteiger partial charge is 0.481 e. The molecule has 0 aliphatic rings. The van der Waals surface area contributed by atoms with Crippen molar-refractivity contribution in [3.05, 3.63) is 67.6 Å². The lowest BCUT2D eigenvalue weighted by molar-refractivity contribution is -0.153. The quantitative estimate of drug-likeness (QED) is 0.176. The lowest BCUT2D eigenvalue weighted by Gasteiger charge is -2.24. The van der Waals surface area contributed by atoms with Crippen LogP contribution < -0.4 is 9.44 Å². The van der Waals surface area contributed by atoms with Gasteiger partial charge in [-0.15, -0.1) is 20.4 Å². The van der Waals surface area contributed by atoms with Gasteiger partial charge in [0.1, 0.15) is 10.0 Å². The summed E-state index contributed by atoms with van der Waals surface area (Å²) in [7, 11) is -8.47. The lowest BCUT2D eigenvalue weighted by Crippen LogP contribution is -2.41. The van der Waals surface area contributed by atoms with Crippen LogP contribution in [0.3, 0.4) is 0 Å². The second kappa shape index (κ2) is 12.9. The Bertz CT molecular complexity index is 1840. The van der Waals surface area contributed by atoms with Crippen molar-refractivity contribution in [2.24, 2.45) is 0 Å². The van der Waals surface area contributed by atoms with E-state index in [2.05, 4.69) is 29.8 Å². The molecule has 3 N–H and O–H groups in total. The summed E-state index contributed by atoms with van der Waals surface area (Å²) in [5.74, 6) is -2.58. The Labute approximate surface area is 269 Å². The Morgan fingerprint density at radius 3 is 1.66 bits per heavy atom. The van der Waals surface area contributed by atoms with Gasteiger partial charge in [0.2, 0.25) is 10.3 Å². The molecule has 14 nitrogen and oxygen atoms in total. The second-order valence-electron chi connectivity index (χ2n) is 8.96. The van der Waals surface area contributed by atoms with Gasteiger partial charge in [0, 0.05) is 10.0 Å². The Balaban J connectivity index is 1.78. The molecule has 234 valence electrons. The zero-order chi connectivity index (χ0) is 32.4. The highest BCUT2D eigenvalue weighted by atomic mass is 35.5. The van der Waals surface area contributed by atoms with Crippen LogP contribution >= 0.6 is 45.9 Å². The number of sulfonamides is 2. The first kappa shape index (κ1) is 33.5. The maximum atomic E-state index is 13.5. The first-order chi connectivity index (χ1) is 20.6. The van der Waals surface area contributed by atoms with Crippen LogP contribution in [0.2, 0.25) is 10.0 Å². The summed E-state index contributed by atoms with van der Waals surface area (Å²) in [6.45, 7) is 4.34. The molecule has 0 saturated carbocycles. The van der Waals surface area contributed by atoms with Gasteiger partial charge in [0.15, 0.2) is 5.41 Å². The van der Waals surface area contributed by atoms with Crippen molar-refractivity contribution in [1.82, 2.24) is 20.4 Å². The number of carbonyl (C=O) groups excluding carboxylic acids is 1. The molecule has 0 saturated heterocycles. The molecule has 0 fully saturated rings.